The number of esters is 1. The van der Waals surface area contributed by atoms with Crippen molar-refractivity contribution >= 4 is 30.8 Å². The van der Waals surface area contributed by atoms with Crippen LogP contribution in [0.25, 0.3) is 0 Å². The minimum Gasteiger partial charge on any atom is -0.478 e. The van der Waals surface area contributed by atoms with Gasteiger partial charge < -0.3 is 25.3 Å². The van der Waals surface area contributed by atoms with Crippen LogP contribution in [0.2, 0.25) is 0 Å². The Hall–Kier alpha value is -3.17. The quantitative estimate of drug-likeness (QED) is 0.346. The van der Waals surface area contributed by atoms with Crippen LogP contribution in [-0.4, -0.2) is 46.6 Å². The van der Waals surface area contributed by atoms with E-state index in [1.165, 1.54) is 24.3 Å². The Balaban J connectivity index is 2.10. The van der Waals surface area contributed by atoms with Gasteiger partial charge in [-0.1, -0.05) is 32.0 Å². The van der Waals surface area contributed by atoms with Crippen LogP contribution in [0.1, 0.15) is 51.3 Å². The Morgan fingerprint density at radius 2 is 1.74 bits per heavy atom. The molecule has 4 N–H and O–H groups in total. The molecule has 1 radical (unpaired) electrons. The first-order valence-corrected chi connectivity index (χ1v) is 9.70. The topological polar surface area (TPSA) is 133 Å². The van der Waals surface area contributed by atoms with Gasteiger partial charge in [0.1, 0.15) is 12.6 Å². The molecule has 0 saturated heterocycles. The minimum absolute atomic E-state index is 0.0638. The van der Waals surface area contributed by atoms with Crippen molar-refractivity contribution in [3.8, 4) is 0 Å². The van der Waals surface area contributed by atoms with Gasteiger partial charge in [-0.3, -0.25) is 4.79 Å². The molecule has 0 spiro atoms. The number of aliphatic hydroxyl groups excluding tert-OH is 1. The molecular weight excluding hydrogens is 401 g/mol. The first kappa shape index (κ1) is 24.1. The second kappa shape index (κ2) is 10.7. The van der Waals surface area contributed by atoms with Gasteiger partial charge in [-0.25, -0.2) is 9.59 Å². The summed E-state index contributed by atoms with van der Waals surface area (Å²) in [7, 11) is 0.835. The molecule has 0 unspecified atom stereocenters. The monoisotopic (exact) mass is 426 g/mol. The van der Waals surface area contributed by atoms with E-state index in [0.717, 1.165) is 7.48 Å². The summed E-state index contributed by atoms with van der Waals surface area (Å²) in [6.45, 7) is 4.82. The SMILES string of the molecule is Cc1c(C(=O)N[C@H](C(=O)OCc2ccc(C(=O)O)cc2)C(C)C)ccc(CO)c1[B]O. The second-order valence-electron chi connectivity index (χ2n) is 7.40. The van der Waals surface area contributed by atoms with E-state index in [4.69, 9.17) is 9.84 Å². The highest BCUT2D eigenvalue weighted by Crippen LogP contribution is 2.13. The molecule has 0 fully saturated rings. The summed E-state index contributed by atoms with van der Waals surface area (Å²) in [6.07, 6.45) is 0. The Bertz CT molecular complexity index is 957. The summed E-state index contributed by atoms with van der Waals surface area (Å²) in [5.41, 5.74) is 2.31. The number of aliphatic hydroxyl groups is 1. The van der Waals surface area contributed by atoms with Gasteiger partial charge in [0.25, 0.3) is 5.91 Å². The van der Waals surface area contributed by atoms with Gasteiger partial charge in [-0.15, -0.1) is 0 Å². The van der Waals surface area contributed by atoms with Gasteiger partial charge in [0.15, 0.2) is 0 Å². The predicted molar refractivity (Wildman–Crippen MR) is 114 cm³/mol. The fraction of sp³-hybridized carbons (Fsp3) is 0.318. The fourth-order valence-corrected chi connectivity index (χ4v) is 3.05. The van der Waals surface area contributed by atoms with Crippen LogP contribution in [0.4, 0.5) is 0 Å². The molecule has 1 amide bonds. The lowest BCUT2D eigenvalue weighted by Crippen LogP contribution is -2.45. The summed E-state index contributed by atoms with van der Waals surface area (Å²) in [4.78, 5) is 36.3. The molecule has 0 aliphatic carbocycles. The number of hydrogen-bond acceptors (Lipinski definition) is 6. The Morgan fingerprint density at radius 3 is 2.26 bits per heavy atom. The number of aromatic carboxylic acids is 1. The smallest absolute Gasteiger partial charge is 0.335 e. The van der Waals surface area contributed by atoms with Gasteiger partial charge >= 0.3 is 19.4 Å². The molecule has 1 atom stereocenters. The number of benzene rings is 2. The maximum absolute atomic E-state index is 12.8. The number of rotatable bonds is 9. The molecule has 0 aliphatic rings. The number of amides is 1. The van der Waals surface area contributed by atoms with Gasteiger partial charge in [0, 0.05) is 5.56 Å². The largest absolute Gasteiger partial charge is 0.478 e. The number of hydrogen-bond donors (Lipinski definition) is 4. The van der Waals surface area contributed by atoms with Crippen molar-refractivity contribution in [2.75, 3.05) is 0 Å². The zero-order chi connectivity index (χ0) is 23.1. The average molecular weight is 426 g/mol. The van der Waals surface area contributed by atoms with E-state index in [9.17, 15) is 24.5 Å². The minimum atomic E-state index is -1.05. The Labute approximate surface area is 181 Å². The van der Waals surface area contributed by atoms with Crippen LogP contribution in [0, 0.1) is 12.8 Å². The van der Waals surface area contributed by atoms with Crippen LogP contribution < -0.4 is 10.8 Å². The van der Waals surface area contributed by atoms with Gasteiger partial charge in [-0.2, -0.15) is 0 Å². The third kappa shape index (κ3) is 5.93. The van der Waals surface area contributed by atoms with Crippen LogP contribution in [-0.2, 0) is 22.7 Å². The maximum Gasteiger partial charge on any atom is 0.335 e. The van der Waals surface area contributed by atoms with Crippen LogP contribution in [0.15, 0.2) is 36.4 Å². The summed E-state index contributed by atoms with van der Waals surface area (Å²) < 4.78 is 5.32. The summed E-state index contributed by atoms with van der Waals surface area (Å²) in [5, 5.41) is 30.4. The molecule has 0 saturated carbocycles. The number of ether oxygens (including phenoxy) is 1. The van der Waals surface area contributed by atoms with E-state index in [1.807, 2.05) is 0 Å². The molecular formula is C22H25BNO7. The van der Waals surface area contributed by atoms with E-state index in [-0.39, 0.29) is 30.3 Å². The molecule has 9 heteroatoms. The molecule has 0 aromatic heterocycles. The van der Waals surface area contributed by atoms with Crippen molar-refractivity contribution in [1.82, 2.24) is 5.32 Å². The van der Waals surface area contributed by atoms with E-state index in [0.29, 0.717) is 22.2 Å². The van der Waals surface area contributed by atoms with Crippen molar-refractivity contribution < 1.29 is 34.4 Å². The van der Waals surface area contributed by atoms with Crippen LogP contribution >= 0.6 is 0 Å². The molecule has 2 aromatic carbocycles. The molecule has 163 valence electrons. The predicted octanol–water partition coefficient (Wildman–Crippen LogP) is 0.920. The van der Waals surface area contributed by atoms with Gasteiger partial charge in [-0.05, 0) is 53.2 Å². The molecule has 0 bridgehead atoms. The van der Waals surface area contributed by atoms with Crippen molar-refractivity contribution in [3.05, 3.63) is 64.2 Å². The summed E-state index contributed by atoms with van der Waals surface area (Å²) >= 11 is 0. The fourth-order valence-electron chi connectivity index (χ4n) is 3.05. The first-order valence-electron chi connectivity index (χ1n) is 9.70. The lowest BCUT2D eigenvalue weighted by Gasteiger charge is -2.22. The number of carbonyl (C=O) groups excluding carboxylic acids is 2. The molecule has 0 heterocycles. The molecule has 31 heavy (non-hydrogen) atoms. The van der Waals surface area contributed by atoms with Crippen LogP contribution in [0.5, 0.6) is 0 Å². The number of nitrogens with one attached hydrogen (secondary N) is 1. The second-order valence-corrected chi connectivity index (χ2v) is 7.40. The van der Waals surface area contributed by atoms with Crippen molar-refractivity contribution in [1.29, 1.82) is 0 Å². The van der Waals surface area contributed by atoms with Crippen molar-refractivity contribution in [2.24, 2.45) is 5.92 Å². The van der Waals surface area contributed by atoms with E-state index in [2.05, 4.69) is 5.32 Å². The molecule has 0 aliphatic heterocycles. The lowest BCUT2D eigenvalue weighted by atomic mass is 9.79. The number of carboxylic acids is 1. The first-order chi connectivity index (χ1) is 14.7. The highest BCUT2D eigenvalue weighted by molar-refractivity contribution is 6.47. The zero-order valence-electron chi connectivity index (χ0n) is 17.6. The van der Waals surface area contributed by atoms with E-state index < -0.39 is 23.9 Å². The van der Waals surface area contributed by atoms with Crippen molar-refractivity contribution in [3.63, 3.8) is 0 Å². The maximum atomic E-state index is 12.8. The highest BCUT2D eigenvalue weighted by Gasteiger charge is 2.27. The standard InChI is InChI=1S/C22H25BNO7/c1-12(2)19(22(29)31-11-14-4-6-15(7-5-14)21(27)28)24-20(26)17-9-8-16(10-25)18(23-30)13(17)3/h4-9,12,19,25,30H,10-11H2,1-3H3,(H,24,26)(H,27,28)/t19-/m0/s1. The third-order valence-electron chi connectivity index (χ3n) is 4.94. The van der Waals surface area contributed by atoms with E-state index >= 15 is 0 Å². The van der Waals surface area contributed by atoms with E-state index in [1.54, 1.807) is 32.9 Å². The highest BCUT2D eigenvalue weighted by atomic mass is 16.5. The molecule has 8 nitrogen and oxygen atoms in total. The van der Waals surface area contributed by atoms with Gasteiger partial charge in [0.2, 0.25) is 0 Å². The normalized spacial score (nSPS) is 11.7. The lowest BCUT2D eigenvalue weighted by molar-refractivity contribution is -0.148. The number of carboxylic acid groups (broad SMARTS) is 1. The van der Waals surface area contributed by atoms with Gasteiger partial charge in [0.05, 0.1) is 12.2 Å². The molecule has 2 rings (SSSR count). The summed E-state index contributed by atoms with van der Waals surface area (Å²) in [6, 6.07) is 8.09. The molecule has 2 aromatic rings. The average Bonchev–Trinajstić information content (AvgIpc) is 2.75. The zero-order valence-corrected chi connectivity index (χ0v) is 17.6. The Morgan fingerprint density at radius 1 is 1.10 bits per heavy atom. The summed E-state index contributed by atoms with van der Waals surface area (Å²) in [5.74, 6) is -2.43. The van der Waals surface area contributed by atoms with Crippen molar-refractivity contribution in [2.45, 2.75) is 40.0 Å². The third-order valence-corrected chi connectivity index (χ3v) is 4.94. The Kier molecular flexibility index (Phi) is 8.35. The number of carbonyl (C=O) groups is 3. The van der Waals surface area contributed by atoms with Crippen LogP contribution in [0.3, 0.4) is 0 Å².